The second-order valence-corrected chi connectivity index (χ2v) is 6.68. The lowest BCUT2D eigenvalue weighted by Crippen LogP contribution is -2.11. The number of nitrogen functional groups attached to an aromatic ring is 1. The van der Waals surface area contributed by atoms with E-state index in [4.69, 9.17) is 10.7 Å². The molecular weight excluding hydrogens is 337 g/mol. The fraction of sp³-hybridized carbons (Fsp3) is 0.714. The molecule has 3 nitrogen and oxygen atoms in total. The topological polar surface area (TPSA) is 51.8 Å². The molecule has 0 radical (unpaired) electrons. The Hall–Kier alpha value is -0.390. The molecule has 2 rings (SSSR count). The maximum Gasteiger partial charge on any atom is 0.140 e. The molecule has 2 atom stereocenters. The highest BCUT2D eigenvalue weighted by molar-refractivity contribution is 14.1. The Labute approximate surface area is 123 Å². The van der Waals surface area contributed by atoms with Crippen LogP contribution in [-0.2, 0) is 0 Å². The second kappa shape index (κ2) is 5.72. The molecule has 0 spiro atoms. The molecule has 0 amide bonds. The van der Waals surface area contributed by atoms with Gasteiger partial charge in [-0.3, -0.25) is 0 Å². The average Bonchev–Trinajstić information content (AvgIpc) is 2.80. The van der Waals surface area contributed by atoms with Crippen molar-refractivity contribution in [1.82, 2.24) is 9.97 Å². The van der Waals surface area contributed by atoms with Gasteiger partial charge in [-0.2, -0.15) is 0 Å². The van der Waals surface area contributed by atoms with E-state index in [0.717, 1.165) is 21.0 Å². The summed E-state index contributed by atoms with van der Waals surface area (Å²) in [6.07, 6.45) is 5.03. The summed E-state index contributed by atoms with van der Waals surface area (Å²) in [6, 6.07) is 0. The van der Waals surface area contributed by atoms with Crippen molar-refractivity contribution in [2.24, 2.45) is 5.92 Å². The van der Waals surface area contributed by atoms with Crippen LogP contribution in [0, 0.1) is 9.49 Å². The molecule has 1 aromatic rings. The van der Waals surface area contributed by atoms with E-state index in [9.17, 15) is 0 Å². The molecule has 0 saturated heterocycles. The molecule has 100 valence electrons. The largest absolute Gasteiger partial charge is 0.383 e. The lowest BCUT2D eigenvalue weighted by Gasteiger charge is -2.15. The third-order valence-corrected chi connectivity index (χ3v) is 5.06. The minimum absolute atomic E-state index is 0.407. The van der Waals surface area contributed by atoms with Gasteiger partial charge in [-0.05, 0) is 53.7 Å². The summed E-state index contributed by atoms with van der Waals surface area (Å²) in [4.78, 5) is 9.31. The fourth-order valence-electron chi connectivity index (χ4n) is 2.75. The smallest absolute Gasteiger partial charge is 0.140 e. The van der Waals surface area contributed by atoms with Gasteiger partial charge in [0.1, 0.15) is 11.6 Å². The van der Waals surface area contributed by atoms with Gasteiger partial charge < -0.3 is 5.73 Å². The van der Waals surface area contributed by atoms with Crippen LogP contribution in [0.4, 0.5) is 5.82 Å². The molecule has 1 aromatic heterocycles. The van der Waals surface area contributed by atoms with E-state index in [0.29, 0.717) is 17.7 Å². The highest BCUT2D eigenvalue weighted by Crippen LogP contribution is 2.39. The summed E-state index contributed by atoms with van der Waals surface area (Å²) < 4.78 is 1.02. The van der Waals surface area contributed by atoms with Crippen LogP contribution in [-0.4, -0.2) is 9.97 Å². The lowest BCUT2D eigenvalue weighted by atomic mass is 10.0. The van der Waals surface area contributed by atoms with E-state index in [2.05, 4.69) is 48.3 Å². The molecule has 0 bridgehead atoms. The first kappa shape index (κ1) is 14.0. The zero-order valence-electron chi connectivity index (χ0n) is 11.4. The molecule has 4 heteroatoms. The third-order valence-electron chi connectivity index (χ3n) is 3.95. The number of aromatic nitrogens is 2. The van der Waals surface area contributed by atoms with Gasteiger partial charge in [0.25, 0.3) is 0 Å². The molecule has 0 aliphatic heterocycles. The molecule has 0 aromatic carbocycles. The maximum absolute atomic E-state index is 6.04. The Morgan fingerprint density at radius 2 is 2.06 bits per heavy atom. The van der Waals surface area contributed by atoms with E-state index in [1.54, 1.807) is 0 Å². The van der Waals surface area contributed by atoms with Crippen LogP contribution in [0.2, 0.25) is 0 Å². The van der Waals surface area contributed by atoms with Crippen LogP contribution in [0.15, 0.2) is 0 Å². The highest BCUT2D eigenvalue weighted by Gasteiger charge is 2.28. The number of nitrogens with two attached hydrogens (primary N) is 1. The highest BCUT2D eigenvalue weighted by atomic mass is 127. The zero-order chi connectivity index (χ0) is 13.3. The molecular formula is C14H22IN3. The molecule has 18 heavy (non-hydrogen) atoms. The van der Waals surface area contributed by atoms with Gasteiger partial charge in [0.2, 0.25) is 0 Å². The zero-order valence-corrected chi connectivity index (χ0v) is 13.6. The predicted octanol–water partition coefficient (Wildman–Crippen LogP) is 4.08. The average molecular weight is 359 g/mol. The third kappa shape index (κ3) is 2.78. The summed E-state index contributed by atoms with van der Waals surface area (Å²) in [5.41, 5.74) is 7.14. The van der Waals surface area contributed by atoms with E-state index >= 15 is 0 Å². The van der Waals surface area contributed by atoms with Crippen molar-refractivity contribution in [3.8, 4) is 0 Å². The standard InChI is InChI=1S/C14H22IN3/c1-4-9-5-6-10(7-9)14-17-12(8(2)3)11(15)13(16)18-14/h8-10H,4-7H2,1-3H3,(H2,16,17,18). The first-order valence-corrected chi connectivity index (χ1v) is 7.93. The van der Waals surface area contributed by atoms with E-state index in [1.165, 1.54) is 25.7 Å². The Balaban J connectivity index is 2.29. The molecule has 2 N–H and O–H groups in total. The number of nitrogens with zero attached hydrogens (tertiary/aromatic N) is 2. The van der Waals surface area contributed by atoms with Crippen molar-refractivity contribution in [2.45, 2.75) is 58.3 Å². The molecule has 1 saturated carbocycles. The number of hydrogen-bond acceptors (Lipinski definition) is 3. The van der Waals surface area contributed by atoms with Crippen LogP contribution < -0.4 is 5.73 Å². The summed E-state index contributed by atoms with van der Waals surface area (Å²) in [6.45, 7) is 6.60. The predicted molar refractivity (Wildman–Crippen MR) is 83.6 cm³/mol. The van der Waals surface area contributed by atoms with Gasteiger partial charge in [-0.15, -0.1) is 0 Å². The summed E-state index contributed by atoms with van der Waals surface area (Å²) in [5.74, 6) is 3.41. The van der Waals surface area contributed by atoms with Gasteiger partial charge in [-0.1, -0.05) is 27.2 Å². The van der Waals surface area contributed by atoms with E-state index in [1.807, 2.05) is 0 Å². The van der Waals surface area contributed by atoms with Crippen LogP contribution in [0.3, 0.4) is 0 Å². The lowest BCUT2D eigenvalue weighted by molar-refractivity contribution is 0.516. The van der Waals surface area contributed by atoms with Crippen molar-refractivity contribution in [3.63, 3.8) is 0 Å². The normalized spacial score (nSPS) is 23.8. The summed E-state index contributed by atoms with van der Waals surface area (Å²) in [7, 11) is 0. The maximum atomic E-state index is 6.04. The Bertz CT molecular complexity index is 431. The Morgan fingerprint density at radius 3 is 2.61 bits per heavy atom. The van der Waals surface area contributed by atoms with Crippen molar-refractivity contribution in [1.29, 1.82) is 0 Å². The van der Waals surface area contributed by atoms with Crippen molar-refractivity contribution in [3.05, 3.63) is 15.1 Å². The minimum Gasteiger partial charge on any atom is -0.383 e. The van der Waals surface area contributed by atoms with E-state index in [-0.39, 0.29) is 0 Å². The van der Waals surface area contributed by atoms with Gasteiger partial charge in [0.15, 0.2) is 0 Å². The fourth-order valence-corrected chi connectivity index (χ4v) is 3.61. The van der Waals surface area contributed by atoms with Crippen molar-refractivity contribution >= 4 is 28.4 Å². The number of halogens is 1. The van der Waals surface area contributed by atoms with Gasteiger partial charge >= 0.3 is 0 Å². The monoisotopic (exact) mass is 359 g/mol. The Morgan fingerprint density at radius 1 is 1.33 bits per heavy atom. The van der Waals surface area contributed by atoms with Crippen LogP contribution in [0.5, 0.6) is 0 Å². The Kier molecular flexibility index (Phi) is 4.45. The second-order valence-electron chi connectivity index (χ2n) is 5.61. The van der Waals surface area contributed by atoms with Crippen molar-refractivity contribution in [2.75, 3.05) is 5.73 Å². The summed E-state index contributed by atoms with van der Waals surface area (Å²) >= 11 is 2.26. The number of rotatable bonds is 3. The van der Waals surface area contributed by atoms with Crippen LogP contribution >= 0.6 is 22.6 Å². The van der Waals surface area contributed by atoms with Crippen molar-refractivity contribution < 1.29 is 0 Å². The van der Waals surface area contributed by atoms with E-state index < -0.39 is 0 Å². The summed E-state index contributed by atoms with van der Waals surface area (Å²) in [5, 5.41) is 0. The molecule has 1 fully saturated rings. The quantitative estimate of drug-likeness (QED) is 0.828. The molecule has 2 unspecified atom stereocenters. The van der Waals surface area contributed by atoms with Crippen LogP contribution in [0.1, 0.15) is 69.8 Å². The minimum atomic E-state index is 0.407. The van der Waals surface area contributed by atoms with Crippen LogP contribution in [0.25, 0.3) is 0 Å². The SMILES string of the molecule is CCC1CCC(c2nc(N)c(I)c(C(C)C)n2)C1. The van der Waals surface area contributed by atoms with Gasteiger partial charge in [0, 0.05) is 5.92 Å². The first-order chi connectivity index (χ1) is 8.52. The molecule has 1 heterocycles. The number of anilines is 1. The number of hydrogen-bond donors (Lipinski definition) is 1. The van der Waals surface area contributed by atoms with Gasteiger partial charge in [0.05, 0.1) is 9.26 Å². The molecule has 1 aliphatic rings. The first-order valence-electron chi connectivity index (χ1n) is 6.85. The molecule has 1 aliphatic carbocycles. The van der Waals surface area contributed by atoms with Gasteiger partial charge in [-0.25, -0.2) is 9.97 Å².